The van der Waals surface area contributed by atoms with Crippen LogP contribution in [-0.4, -0.2) is 50.0 Å². The van der Waals surface area contributed by atoms with Gasteiger partial charge in [-0.3, -0.25) is 13.9 Å². The SMILES string of the molecule is CS(=O)(=O)N(CC(=O)N(Cc1ccccc1Cl)[C@H](Cc1ccccc1)C(=O)NC1CCCC1)c1ccc(Br)cc1. The first-order chi connectivity index (χ1) is 19.1. The van der Waals surface area contributed by atoms with Gasteiger partial charge in [-0.1, -0.05) is 88.9 Å². The van der Waals surface area contributed by atoms with Crippen LogP contribution in [0.2, 0.25) is 5.02 Å². The fourth-order valence-corrected chi connectivity index (χ4v) is 6.26. The Bertz CT molecular complexity index is 1410. The van der Waals surface area contributed by atoms with E-state index in [1.54, 1.807) is 42.5 Å². The quantitative estimate of drug-likeness (QED) is 0.295. The molecule has 0 bridgehead atoms. The third kappa shape index (κ3) is 8.08. The number of hydrogen-bond donors (Lipinski definition) is 1. The first kappa shape index (κ1) is 30.1. The molecule has 10 heteroatoms. The maximum absolute atomic E-state index is 14.1. The van der Waals surface area contributed by atoms with Gasteiger partial charge in [-0.05, 0) is 54.3 Å². The van der Waals surface area contributed by atoms with Gasteiger partial charge in [-0.15, -0.1) is 0 Å². The smallest absolute Gasteiger partial charge is 0.244 e. The van der Waals surface area contributed by atoms with Crippen LogP contribution in [-0.2, 0) is 32.6 Å². The molecule has 3 aromatic carbocycles. The zero-order valence-electron chi connectivity index (χ0n) is 22.3. The molecule has 7 nitrogen and oxygen atoms in total. The Balaban J connectivity index is 1.72. The summed E-state index contributed by atoms with van der Waals surface area (Å²) in [7, 11) is -3.82. The molecule has 0 aromatic heterocycles. The topological polar surface area (TPSA) is 86.8 Å². The van der Waals surface area contributed by atoms with Gasteiger partial charge in [0.2, 0.25) is 21.8 Å². The van der Waals surface area contributed by atoms with Crippen molar-refractivity contribution in [2.24, 2.45) is 0 Å². The Morgan fingerprint density at radius 2 is 1.60 bits per heavy atom. The predicted molar refractivity (Wildman–Crippen MR) is 163 cm³/mol. The monoisotopic (exact) mass is 645 g/mol. The van der Waals surface area contributed by atoms with Crippen molar-refractivity contribution in [1.82, 2.24) is 10.2 Å². The van der Waals surface area contributed by atoms with Gasteiger partial charge < -0.3 is 10.2 Å². The standard InChI is InChI=1S/C30H33BrClN3O4S/c1-40(38,39)35(26-17-15-24(31)16-18-26)21-29(36)34(20-23-11-5-8-14-27(23)32)28(19-22-9-3-2-4-10-22)30(37)33-25-12-6-7-13-25/h2-5,8-11,14-18,25,28H,6-7,12-13,19-21H2,1H3,(H,33,37)/t28-/m1/s1. The van der Waals surface area contributed by atoms with E-state index in [1.807, 2.05) is 36.4 Å². The molecule has 1 aliphatic carbocycles. The average molecular weight is 647 g/mol. The van der Waals surface area contributed by atoms with Crippen molar-refractivity contribution in [2.45, 2.75) is 50.7 Å². The van der Waals surface area contributed by atoms with E-state index < -0.39 is 28.5 Å². The number of nitrogens with one attached hydrogen (secondary N) is 1. The van der Waals surface area contributed by atoms with Crippen molar-refractivity contribution in [1.29, 1.82) is 0 Å². The third-order valence-corrected chi connectivity index (χ3v) is 9.10. The summed E-state index contributed by atoms with van der Waals surface area (Å²) in [6.07, 6.45) is 5.23. The number of hydrogen-bond acceptors (Lipinski definition) is 4. The van der Waals surface area contributed by atoms with Gasteiger partial charge in [-0.25, -0.2) is 8.42 Å². The van der Waals surface area contributed by atoms with Crippen LogP contribution in [0.1, 0.15) is 36.8 Å². The summed E-state index contributed by atoms with van der Waals surface area (Å²) in [6.45, 7) is -0.418. The minimum atomic E-state index is -3.82. The van der Waals surface area contributed by atoms with Crippen LogP contribution in [0.25, 0.3) is 0 Å². The number of carbonyl (C=O) groups excluding carboxylic acids is 2. The highest BCUT2D eigenvalue weighted by atomic mass is 79.9. The molecule has 0 unspecified atom stereocenters. The normalized spacial score (nSPS) is 14.5. The largest absolute Gasteiger partial charge is 0.352 e. The predicted octanol–water partition coefficient (Wildman–Crippen LogP) is 5.57. The second-order valence-electron chi connectivity index (χ2n) is 10.1. The van der Waals surface area contributed by atoms with Crippen molar-refractivity contribution in [3.63, 3.8) is 0 Å². The first-order valence-electron chi connectivity index (χ1n) is 13.2. The number of carbonyl (C=O) groups is 2. The molecule has 1 N–H and O–H groups in total. The molecule has 0 spiro atoms. The van der Waals surface area contributed by atoms with Gasteiger partial charge in [-0.2, -0.15) is 0 Å². The van der Waals surface area contributed by atoms with E-state index in [0.29, 0.717) is 16.3 Å². The van der Waals surface area contributed by atoms with E-state index in [1.165, 1.54) is 4.90 Å². The molecule has 1 atom stereocenters. The summed E-state index contributed by atoms with van der Waals surface area (Å²) in [5, 5.41) is 3.61. The zero-order chi connectivity index (χ0) is 28.7. The lowest BCUT2D eigenvalue weighted by molar-refractivity contribution is -0.140. The summed E-state index contributed by atoms with van der Waals surface area (Å²) >= 11 is 9.86. The lowest BCUT2D eigenvalue weighted by Gasteiger charge is -2.34. The molecular weight excluding hydrogens is 614 g/mol. The Hall–Kier alpha value is -2.88. The Morgan fingerprint density at radius 1 is 0.975 bits per heavy atom. The molecule has 1 fully saturated rings. The van der Waals surface area contributed by atoms with Crippen LogP contribution in [0.15, 0.2) is 83.3 Å². The fraction of sp³-hybridized carbons (Fsp3) is 0.333. The summed E-state index contributed by atoms with van der Waals surface area (Å²) in [5.41, 5.74) is 1.91. The molecule has 3 aromatic rings. The number of halogens is 2. The molecular formula is C30H33BrClN3O4S. The summed E-state index contributed by atoms with van der Waals surface area (Å²) in [6, 6.07) is 22.5. The molecule has 1 aliphatic rings. The lowest BCUT2D eigenvalue weighted by atomic mass is 10.0. The third-order valence-electron chi connectivity index (χ3n) is 7.06. The fourth-order valence-electron chi connectivity index (χ4n) is 4.95. The van der Waals surface area contributed by atoms with Crippen LogP contribution in [0.3, 0.4) is 0 Å². The minimum absolute atomic E-state index is 0.0477. The van der Waals surface area contributed by atoms with Gasteiger partial charge in [0.15, 0.2) is 0 Å². The Morgan fingerprint density at radius 3 is 2.23 bits per heavy atom. The van der Waals surface area contributed by atoms with E-state index in [2.05, 4.69) is 21.2 Å². The van der Waals surface area contributed by atoms with E-state index >= 15 is 0 Å². The van der Waals surface area contributed by atoms with Gasteiger partial charge in [0.05, 0.1) is 11.9 Å². The first-order valence-corrected chi connectivity index (χ1v) is 16.2. The van der Waals surface area contributed by atoms with Gasteiger partial charge in [0, 0.05) is 28.5 Å². The van der Waals surface area contributed by atoms with Gasteiger partial charge >= 0.3 is 0 Å². The summed E-state index contributed by atoms with van der Waals surface area (Å²) in [5.74, 6) is -0.763. The van der Waals surface area contributed by atoms with Gasteiger partial charge in [0.1, 0.15) is 12.6 Å². The lowest BCUT2D eigenvalue weighted by Crippen LogP contribution is -2.54. The molecule has 2 amide bonds. The Kier molecular flexibility index (Phi) is 10.3. The molecule has 212 valence electrons. The average Bonchev–Trinajstić information content (AvgIpc) is 3.44. The van der Waals surface area contributed by atoms with Crippen molar-refractivity contribution in [3.05, 3.63) is 99.5 Å². The maximum Gasteiger partial charge on any atom is 0.244 e. The second kappa shape index (κ2) is 13.7. The van der Waals surface area contributed by atoms with Crippen LogP contribution in [0, 0.1) is 0 Å². The van der Waals surface area contributed by atoms with Crippen molar-refractivity contribution >= 4 is 55.1 Å². The van der Waals surface area contributed by atoms with Crippen LogP contribution < -0.4 is 9.62 Å². The molecule has 4 rings (SSSR count). The molecule has 1 saturated carbocycles. The number of rotatable bonds is 11. The highest BCUT2D eigenvalue weighted by molar-refractivity contribution is 9.10. The number of nitrogens with zero attached hydrogens (tertiary/aromatic N) is 2. The number of anilines is 1. The number of benzene rings is 3. The summed E-state index contributed by atoms with van der Waals surface area (Å²) in [4.78, 5) is 29.4. The van der Waals surface area contributed by atoms with Crippen LogP contribution in [0.5, 0.6) is 0 Å². The molecule has 0 saturated heterocycles. The van der Waals surface area contributed by atoms with E-state index in [4.69, 9.17) is 11.6 Å². The molecule has 40 heavy (non-hydrogen) atoms. The van der Waals surface area contributed by atoms with Gasteiger partial charge in [0.25, 0.3) is 0 Å². The minimum Gasteiger partial charge on any atom is -0.352 e. The van der Waals surface area contributed by atoms with E-state index in [0.717, 1.165) is 46.3 Å². The zero-order valence-corrected chi connectivity index (χ0v) is 25.5. The maximum atomic E-state index is 14.1. The number of sulfonamides is 1. The highest BCUT2D eigenvalue weighted by Crippen LogP contribution is 2.25. The van der Waals surface area contributed by atoms with E-state index in [9.17, 15) is 18.0 Å². The molecule has 0 aliphatic heterocycles. The van der Waals surface area contributed by atoms with Crippen molar-refractivity contribution in [3.8, 4) is 0 Å². The van der Waals surface area contributed by atoms with Crippen molar-refractivity contribution in [2.75, 3.05) is 17.1 Å². The summed E-state index contributed by atoms with van der Waals surface area (Å²) < 4.78 is 27.6. The van der Waals surface area contributed by atoms with Crippen LogP contribution in [0.4, 0.5) is 5.69 Å². The van der Waals surface area contributed by atoms with Crippen molar-refractivity contribution < 1.29 is 18.0 Å². The second-order valence-corrected chi connectivity index (χ2v) is 13.3. The highest BCUT2D eigenvalue weighted by Gasteiger charge is 2.34. The number of amides is 2. The van der Waals surface area contributed by atoms with Crippen LogP contribution >= 0.6 is 27.5 Å². The van der Waals surface area contributed by atoms with E-state index in [-0.39, 0.29) is 24.9 Å². The Labute approximate surface area is 249 Å². The molecule has 0 radical (unpaired) electrons. The molecule has 0 heterocycles.